The van der Waals surface area contributed by atoms with E-state index in [2.05, 4.69) is 24.0 Å². The number of ether oxygens (including phenoxy) is 1. The highest BCUT2D eigenvalue weighted by Gasteiger charge is 2.19. The third-order valence-electron chi connectivity index (χ3n) is 3.52. The van der Waals surface area contributed by atoms with Crippen molar-refractivity contribution in [3.63, 3.8) is 0 Å². The lowest BCUT2D eigenvalue weighted by Gasteiger charge is -2.32. The van der Waals surface area contributed by atoms with Gasteiger partial charge in [-0.2, -0.15) is 0 Å². The summed E-state index contributed by atoms with van der Waals surface area (Å²) in [6.07, 6.45) is 2.58. The van der Waals surface area contributed by atoms with Crippen molar-refractivity contribution in [1.82, 2.24) is 4.90 Å². The van der Waals surface area contributed by atoms with Crippen molar-refractivity contribution in [2.45, 2.75) is 26.3 Å². The van der Waals surface area contributed by atoms with Crippen molar-refractivity contribution in [2.75, 3.05) is 32.0 Å². The predicted molar refractivity (Wildman–Crippen MR) is 75.3 cm³/mol. The summed E-state index contributed by atoms with van der Waals surface area (Å²) in [6, 6.07) is 8.21. The summed E-state index contributed by atoms with van der Waals surface area (Å²) in [7, 11) is 0. The Labute approximate surface area is 110 Å². The van der Waals surface area contributed by atoms with Crippen molar-refractivity contribution in [1.29, 1.82) is 0 Å². The van der Waals surface area contributed by atoms with Crippen LogP contribution in [-0.2, 0) is 11.3 Å². The highest BCUT2D eigenvalue weighted by Crippen LogP contribution is 2.19. The van der Waals surface area contributed by atoms with E-state index in [4.69, 9.17) is 10.5 Å². The van der Waals surface area contributed by atoms with Gasteiger partial charge in [0.2, 0.25) is 0 Å². The summed E-state index contributed by atoms with van der Waals surface area (Å²) in [6.45, 7) is 7.14. The molecular formula is C15H24N2O. The highest BCUT2D eigenvalue weighted by molar-refractivity contribution is 5.40. The van der Waals surface area contributed by atoms with Gasteiger partial charge in [-0.05, 0) is 49.9 Å². The Hall–Kier alpha value is -1.06. The molecule has 0 bridgehead atoms. The van der Waals surface area contributed by atoms with Crippen molar-refractivity contribution < 1.29 is 4.74 Å². The number of nitrogens with two attached hydrogens (primary N) is 1. The Kier molecular flexibility index (Phi) is 5.02. The molecule has 1 aromatic carbocycles. The molecule has 1 saturated heterocycles. The van der Waals surface area contributed by atoms with Crippen molar-refractivity contribution in [3.05, 3.63) is 29.8 Å². The minimum absolute atomic E-state index is 0.694. The Morgan fingerprint density at radius 1 is 1.44 bits per heavy atom. The van der Waals surface area contributed by atoms with Gasteiger partial charge in [0.05, 0.1) is 6.61 Å². The summed E-state index contributed by atoms with van der Waals surface area (Å²) in [5.74, 6) is 0.694. The maximum absolute atomic E-state index is 5.82. The quantitative estimate of drug-likeness (QED) is 0.814. The van der Waals surface area contributed by atoms with Crippen LogP contribution in [0.1, 0.15) is 25.3 Å². The summed E-state index contributed by atoms with van der Waals surface area (Å²) in [4.78, 5) is 2.52. The van der Waals surface area contributed by atoms with E-state index in [9.17, 15) is 0 Å². The van der Waals surface area contributed by atoms with E-state index in [0.717, 1.165) is 32.0 Å². The number of rotatable bonds is 5. The first-order valence-electron chi connectivity index (χ1n) is 6.92. The van der Waals surface area contributed by atoms with E-state index >= 15 is 0 Å². The molecule has 3 nitrogen and oxygen atoms in total. The second-order valence-corrected chi connectivity index (χ2v) is 5.15. The molecule has 2 N–H and O–H groups in total. The van der Waals surface area contributed by atoms with Crippen LogP contribution in [0, 0.1) is 5.92 Å². The Morgan fingerprint density at radius 3 is 3.11 bits per heavy atom. The SMILES string of the molecule is CCOCC1CCCN(Cc2cccc(N)c2)C1. The molecule has 1 aromatic rings. The summed E-state index contributed by atoms with van der Waals surface area (Å²) in [5.41, 5.74) is 7.99. The molecule has 100 valence electrons. The second-order valence-electron chi connectivity index (χ2n) is 5.15. The van der Waals surface area contributed by atoms with E-state index < -0.39 is 0 Å². The van der Waals surface area contributed by atoms with E-state index in [-0.39, 0.29) is 0 Å². The predicted octanol–water partition coefficient (Wildman–Crippen LogP) is 2.52. The van der Waals surface area contributed by atoms with E-state index in [0.29, 0.717) is 5.92 Å². The number of benzene rings is 1. The fourth-order valence-corrected chi connectivity index (χ4v) is 2.67. The molecule has 0 aromatic heterocycles. The number of likely N-dealkylation sites (tertiary alicyclic amines) is 1. The minimum atomic E-state index is 0.694. The molecule has 0 saturated carbocycles. The van der Waals surface area contributed by atoms with Crippen LogP contribution in [0.3, 0.4) is 0 Å². The van der Waals surface area contributed by atoms with Crippen molar-refractivity contribution in [3.8, 4) is 0 Å². The van der Waals surface area contributed by atoms with E-state index in [1.54, 1.807) is 0 Å². The zero-order valence-corrected chi connectivity index (χ0v) is 11.3. The maximum Gasteiger partial charge on any atom is 0.0506 e. The molecular weight excluding hydrogens is 224 g/mol. The first-order valence-corrected chi connectivity index (χ1v) is 6.92. The molecule has 1 aliphatic rings. The molecule has 1 fully saturated rings. The average molecular weight is 248 g/mol. The third kappa shape index (κ3) is 4.00. The van der Waals surface area contributed by atoms with Gasteiger partial charge in [0.25, 0.3) is 0 Å². The monoisotopic (exact) mass is 248 g/mol. The van der Waals surface area contributed by atoms with Crippen LogP contribution in [0.15, 0.2) is 24.3 Å². The second kappa shape index (κ2) is 6.76. The van der Waals surface area contributed by atoms with Crippen LogP contribution < -0.4 is 5.73 Å². The molecule has 0 radical (unpaired) electrons. The van der Waals surface area contributed by atoms with Crippen molar-refractivity contribution >= 4 is 5.69 Å². The van der Waals surface area contributed by atoms with Crippen molar-refractivity contribution in [2.24, 2.45) is 5.92 Å². The number of nitrogens with zero attached hydrogens (tertiary/aromatic N) is 1. The average Bonchev–Trinajstić information content (AvgIpc) is 2.37. The van der Waals surface area contributed by atoms with Gasteiger partial charge in [0, 0.05) is 25.4 Å². The van der Waals surface area contributed by atoms with Gasteiger partial charge in [-0.15, -0.1) is 0 Å². The van der Waals surface area contributed by atoms with E-state index in [1.807, 2.05) is 12.1 Å². The summed E-state index contributed by atoms with van der Waals surface area (Å²) < 4.78 is 5.54. The molecule has 1 aliphatic heterocycles. The molecule has 18 heavy (non-hydrogen) atoms. The van der Waals surface area contributed by atoms with Gasteiger partial charge in [-0.1, -0.05) is 12.1 Å². The fourth-order valence-electron chi connectivity index (χ4n) is 2.67. The fraction of sp³-hybridized carbons (Fsp3) is 0.600. The van der Waals surface area contributed by atoms with Gasteiger partial charge in [0.15, 0.2) is 0 Å². The van der Waals surface area contributed by atoms with Gasteiger partial charge in [-0.3, -0.25) is 4.90 Å². The molecule has 0 spiro atoms. The van der Waals surface area contributed by atoms with Crippen LogP contribution in [0.5, 0.6) is 0 Å². The Bertz CT molecular complexity index is 367. The number of nitrogen functional groups attached to an aromatic ring is 1. The summed E-state index contributed by atoms with van der Waals surface area (Å²) >= 11 is 0. The molecule has 0 amide bonds. The number of hydrogen-bond donors (Lipinski definition) is 1. The Morgan fingerprint density at radius 2 is 2.33 bits per heavy atom. The van der Waals surface area contributed by atoms with Gasteiger partial charge in [0.1, 0.15) is 0 Å². The molecule has 0 aliphatic carbocycles. The number of hydrogen-bond acceptors (Lipinski definition) is 3. The van der Waals surface area contributed by atoms with Crippen LogP contribution >= 0.6 is 0 Å². The smallest absolute Gasteiger partial charge is 0.0506 e. The molecule has 1 heterocycles. The lowest BCUT2D eigenvalue weighted by Crippen LogP contribution is -2.36. The normalized spacial score (nSPS) is 21.1. The molecule has 2 rings (SSSR count). The Balaban J connectivity index is 1.85. The lowest BCUT2D eigenvalue weighted by molar-refractivity contribution is 0.0647. The lowest BCUT2D eigenvalue weighted by atomic mass is 9.98. The van der Waals surface area contributed by atoms with Crippen LogP contribution in [0.2, 0.25) is 0 Å². The van der Waals surface area contributed by atoms with Crippen LogP contribution in [-0.4, -0.2) is 31.2 Å². The molecule has 1 unspecified atom stereocenters. The first kappa shape index (κ1) is 13.4. The summed E-state index contributed by atoms with van der Waals surface area (Å²) in [5, 5.41) is 0. The largest absolute Gasteiger partial charge is 0.399 e. The zero-order chi connectivity index (χ0) is 12.8. The molecule has 1 atom stereocenters. The van der Waals surface area contributed by atoms with Gasteiger partial charge >= 0.3 is 0 Å². The number of piperidine rings is 1. The standard InChI is InChI=1S/C15H24N2O/c1-2-18-12-14-6-4-8-17(11-14)10-13-5-3-7-15(16)9-13/h3,5,7,9,14H,2,4,6,8,10-12,16H2,1H3. The highest BCUT2D eigenvalue weighted by atomic mass is 16.5. The van der Waals surface area contributed by atoms with Gasteiger partial charge in [-0.25, -0.2) is 0 Å². The topological polar surface area (TPSA) is 38.5 Å². The number of anilines is 1. The third-order valence-corrected chi connectivity index (χ3v) is 3.52. The van der Waals surface area contributed by atoms with Crippen LogP contribution in [0.25, 0.3) is 0 Å². The van der Waals surface area contributed by atoms with E-state index in [1.165, 1.54) is 24.9 Å². The molecule has 3 heteroatoms. The maximum atomic E-state index is 5.82. The minimum Gasteiger partial charge on any atom is -0.399 e. The van der Waals surface area contributed by atoms with Crippen LogP contribution in [0.4, 0.5) is 5.69 Å². The first-order chi connectivity index (χ1) is 8.78. The van der Waals surface area contributed by atoms with Gasteiger partial charge < -0.3 is 10.5 Å². The zero-order valence-electron chi connectivity index (χ0n) is 11.3.